The number of aryl methyl sites for hydroxylation is 1. The molecule has 9 heteroatoms. The Morgan fingerprint density at radius 2 is 2.06 bits per heavy atom. The summed E-state index contributed by atoms with van der Waals surface area (Å²) in [6, 6.07) is 7.68. The van der Waals surface area contributed by atoms with Gasteiger partial charge in [0.1, 0.15) is 17.4 Å². The van der Waals surface area contributed by atoms with Crippen LogP contribution in [0.4, 0.5) is 4.39 Å². The maximum atomic E-state index is 13.5. The molecule has 1 aliphatic rings. The van der Waals surface area contributed by atoms with Gasteiger partial charge in [-0.3, -0.25) is 4.79 Å². The lowest BCUT2D eigenvalue weighted by Gasteiger charge is -2.12. The van der Waals surface area contributed by atoms with Crippen molar-refractivity contribution in [3.8, 4) is 5.75 Å². The molecule has 0 aliphatic heterocycles. The zero-order valence-corrected chi connectivity index (χ0v) is 21.4. The molecule has 1 aliphatic carbocycles. The molecule has 35 heavy (non-hydrogen) atoms. The lowest BCUT2D eigenvalue weighted by molar-refractivity contribution is -0.121. The monoisotopic (exact) mass is 502 g/mol. The molecule has 0 fully saturated rings. The summed E-state index contributed by atoms with van der Waals surface area (Å²) < 4.78 is 26.2. The minimum atomic E-state index is -0.152. The van der Waals surface area contributed by atoms with Crippen molar-refractivity contribution < 1.29 is 18.7 Å². The van der Waals surface area contributed by atoms with Crippen LogP contribution in [0.3, 0.4) is 0 Å². The van der Waals surface area contributed by atoms with E-state index in [0.29, 0.717) is 25.3 Å². The van der Waals surface area contributed by atoms with Crippen LogP contribution in [0.2, 0.25) is 0 Å². The number of benzene rings is 1. The molecule has 190 valence electrons. The number of rotatable bonds is 15. The molecule has 0 radical (unpaired) electrons. The predicted octanol–water partition coefficient (Wildman–Crippen LogP) is 5.02. The molecule has 0 bridgehead atoms. The molecule has 1 amide bonds. The van der Waals surface area contributed by atoms with Gasteiger partial charge in [0, 0.05) is 51.0 Å². The molecule has 0 spiro atoms. The van der Waals surface area contributed by atoms with Crippen molar-refractivity contribution in [3.63, 3.8) is 0 Å². The van der Waals surface area contributed by atoms with Crippen molar-refractivity contribution in [1.29, 1.82) is 0 Å². The van der Waals surface area contributed by atoms with Gasteiger partial charge in [0.05, 0.1) is 7.11 Å². The molecule has 2 aromatic rings. The van der Waals surface area contributed by atoms with Gasteiger partial charge in [0.15, 0.2) is 5.16 Å². The highest BCUT2D eigenvalue weighted by molar-refractivity contribution is 7.99. The van der Waals surface area contributed by atoms with Crippen molar-refractivity contribution in [2.75, 3.05) is 26.6 Å². The SMILES string of the molecule is COCCCn1c(CCCCC(=O)NCc2ccccc2OC)nnc1SCC1=CC(F)=CCC1. The van der Waals surface area contributed by atoms with Crippen molar-refractivity contribution in [3.05, 3.63) is 59.2 Å². The predicted molar refractivity (Wildman–Crippen MR) is 136 cm³/mol. The normalized spacial score (nSPS) is 13.3. The van der Waals surface area contributed by atoms with Gasteiger partial charge < -0.3 is 19.4 Å². The van der Waals surface area contributed by atoms with E-state index in [2.05, 4.69) is 20.1 Å². The number of nitrogens with one attached hydrogen (secondary N) is 1. The summed E-state index contributed by atoms with van der Waals surface area (Å²) in [6.07, 6.45) is 8.56. The largest absolute Gasteiger partial charge is 0.496 e. The van der Waals surface area contributed by atoms with Crippen molar-refractivity contribution in [2.24, 2.45) is 0 Å². The van der Waals surface area contributed by atoms with Crippen molar-refractivity contribution in [1.82, 2.24) is 20.1 Å². The van der Waals surface area contributed by atoms with E-state index in [4.69, 9.17) is 9.47 Å². The lowest BCUT2D eigenvalue weighted by atomic mass is 10.1. The summed E-state index contributed by atoms with van der Waals surface area (Å²) in [5, 5.41) is 12.6. The first kappa shape index (κ1) is 26.9. The van der Waals surface area contributed by atoms with Crippen LogP contribution in [0, 0.1) is 0 Å². The van der Waals surface area contributed by atoms with E-state index in [9.17, 15) is 9.18 Å². The Kier molecular flexibility index (Phi) is 11.3. The number of carbonyl (C=O) groups is 1. The van der Waals surface area contributed by atoms with Gasteiger partial charge in [-0.15, -0.1) is 10.2 Å². The molecule has 1 N–H and O–H groups in total. The zero-order valence-electron chi connectivity index (χ0n) is 20.6. The molecule has 0 atom stereocenters. The number of para-hydroxylation sites is 1. The van der Waals surface area contributed by atoms with Gasteiger partial charge in [0.25, 0.3) is 0 Å². The van der Waals surface area contributed by atoms with Crippen LogP contribution in [-0.4, -0.2) is 47.3 Å². The second kappa shape index (κ2) is 14.7. The molecule has 3 rings (SSSR count). The maximum absolute atomic E-state index is 13.5. The summed E-state index contributed by atoms with van der Waals surface area (Å²) in [6.45, 7) is 1.88. The van der Waals surface area contributed by atoms with Crippen LogP contribution < -0.4 is 10.1 Å². The highest BCUT2D eigenvalue weighted by atomic mass is 32.2. The van der Waals surface area contributed by atoms with E-state index < -0.39 is 0 Å². The minimum absolute atomic E-state index is 0.0238. The van der Waals surface area contributed by atoms with Gasteiger partial charge in [-0.2, -0.15) is 0 Å². The number of thioether (sulfide) groups is 1. The number of carbonyl (C=O) groups excluding carboxylic acids is 1. The number of hydrogen-bond donors (Lipinski definition) is 1. The Morgan fingerprint density at radius 3 is 2.86 bits per heavy atom. The summed E-state index contributed by atoms with van der Waals surface area (Å²) in [5.41, 5.74) is 2.04. The first-order chi connectivity index (χ1) is 17.1. The van der Waals surface area contributed by atoms with E-state index in [0.717, 1.165) is 72.9 Å². The molecule has 0 saturated carbocycles. The number of methoxy groups -OCH3 is 2. The molecule has 1 heterocycles. The van der Waals surface area contributed by atoms with E-state index >= 15 is 0 Å². The minimum Gasteiger partial charge on any atom is -0.496 e. The van der Waals surface area contributed by atoms with Crippen LogP contribution in [0.15, 0.2) is 53.0 Å². The Hall–Kier alpha value is -2.65. The van der Waals surface area contributed by atoms with Crippen LogP contribution in [0.5, 0.6) is 5.75 Å². The maximum Gasteiger partial charge on any atom is 0.220 e. The Balaban J connectivity index is 1.47. The van der Waals surface area contributed by atoms with Crippen LogP contribution in [-0.2, 0) is 29.0 Å². The quantitative estimate of drug-likeness (QED) is 0.272. The number of unbranched alkanes of at least 4 members (excludes halogenated alkanes) is 1. The standard InChI is InChI=1S/C26H35FN4O3S/c1-33-16-8-15-31-24(29-30-26(31)35-19-20-9-7-11-22(27)17-20)13-5-6-14-25(32)28-18-21-10-3-4-12-23(21)34-2/h3-4,10-12,17H,5-9,13-16,18-19H2,1-2H3,(H,28,32). The van der Waals surface area contributed by atoms with E-state index in [1.165, 1.54) is 0 Å². The van der Waals surface area contributed by atoms with Gasteiger partial charge in [-0.25, -0.2) is 4.39 Å². The van der Waals surface area contributed by atoms with Gasteiger partial charge >= 0.3 is 0 Å². The van der Waals surface area contributed by atoms with Crippen molar-refractivity contribution in [2.45, 2.75) is 63.2 Å². The summed E-state index contributed by atoms with van der Waals surface area (Å²) in [4.78, 5) is 12.3. The molecule has 0 unspecified atom stereocenters. The number of ether oxygens (including phenoxy) is 2. The topological polar surface area (TPSA) is 78.3 Å². The van der Waals surface area contributed by atoms with Gasteiger partial charge in [-0.05, 0) is 50.3 Å². The number of halogens is 1. The van der Waals surface area contributed by atoms with E-state index in [-0.39, 0.29) is 11.7 Å². The fourth-order valence-corrected chi connectivity index (χ4v) is 4.89. The zero-order chi connectivity index (χ0) is 24.9. The number of aromatic nitrogens is 3. The van der Waals surface area contributed by atoms with Crippen LogP contribution in [0.25, 0.3) is 0 Å². The Labute approximate surface area is 211 Å². The Bertz CT molecular complexity index is 1020. The highest BCUT2D eigenvalue weighted by Crippen LogP contribution is 2.26. The fourth-order valence-electron chi connectivity index (χ4n) is 3.89. The molecule has 0 saturated heterocycles. The molecular weight excluding hydrogens is 467 g/mol. The average molecular weight is 503 g/mol. The van der Waals surface area contributed by atoms with Gasteiger partial charge in [0.2, 0.25) is 5.91 Å². The summed E-state index contributed by atoms with van der Waals surface area (Å²) >= 11 is 1.60. The number of nitrogens with zero attached hydrogens (tertiary/aromatic N) is 3. The van der Waals surface area contributed by atoms with E-state index in [1.807, 2.05) is 24.3 Å². The van der Waals surface area contributed by atoms with Gasteiger partial charge in [-0.1, -0.05) is 35.5 Å². The van der Waals surface area contributed by atoms with Crippen molar-refractivity contribution >= 4 is 17.7 Å². The van der Waals surface area contributed by atoms with E-state index in [1.54, 1.807) is 38.1 Å². The third kappa shape index (κ3) is 8.81. The third-order valence-electron chi connectivity index (χ3n) is 5.78. The first-order valence-corrected chi connectivity index (χ1v) is 13.1. The number of hydrogen-bond acceptors (Lipinski definition) is 6. The average Bonchev–Trinajstić information content (AvgIpc) is 3.26. The molecular formula is C26H35FN4O3S. The lowest BCUT2D eigenvalue weighted by Crippen LogP contribution is -2.22. The molecule has 7 nitrogen and oxygen atoms in total. The number of allylic oxidation sites excluding steroid dienone is 3. The Morgan fingerprint density at radius 1 is 1.20 bits per heavy atom. The fraction of sp³-hybridized carbons (Fsp3) is 0.500. The van der Waals surface area contributed by atoms with Crippen LogP contribution >= 0.6 is 11.8 Å². The first-order valence-electron chi connectivity index (χ1n) is 12.1. The smallest absolute Gasteiger partial charge is 0.220 e. The second-order valence-corrected chi connectivity index (χ2v) is 9.35. The third-order valence-corrected chi connectivity index (χ3v) is 6.86. The summed E-state index contributed by atoms with van der Waals surface area (Å²) in [7, 11) is 3.32. The number of amides is 1. The van der Waals surface area contributed by atoms with Crippen LogP contribution in [0.1, 0.15) is 49.9 Å². The molecule has 1 aromatic heterocycles. The highest BCUT2D eigenvalue weighted by Gasteiger charge is 2.14. The summed E-state index contributed by atoms with van der Waals surface area (Å²) in [5.74, 6) is 2.27. The second-order valence-electron chi connectivity index (χ2n) is 8.41. The molecule has 1 aromatic carbocycles.